The van der Waals surface area contributed by atoms with Gasteiger partial charge in [0, 0.05) is 6.04 Å². The van der Waals surface area contributed by atoms with E-state index < -0.39 is 0 Å². The zero-order valence-electron chi connectivity index (χ0n) is 10.0. The average Bonchev–Trinajstić information content (AvgIpc) is 3.07. The van der Waals surface area contributed by atoms with Crippen LogP contribution in [-0.2, 0) is 0 Å². The Bertz CT molecular complexity index is 331. The third-order valence-corrected chi connectivity index (χ3v) is 3.40. The van der Waals surface area contributed by atoms with E-state index in [0.717, 1.165) is 24.8 Å². The first-order valence-electron chi connectivity index (χ1n) is 6.20. The molecule has 1 aliphatic carbocycles. The molecule has 2 rings (SSSR count). The van der Waals surface area contributed by atoms with E-state index in [-0.39, 0.29) is 0 Å². The Morgan fingerprint density at radius 1 is 1.44 bits per heavy atom. The molecule has 1 saturated carbocycles. The smallest absolute Gasteiger partial charge is 0.00732 e. The summed E-state index contributed by atoms with van der Waals surface area (Å²) in [4.78, 5) is 0. The molecule has 3 atom stereocenters. The summed E-state index contributed by atoms with van der Waals surface area (Å²) in [6.45, 7) is 7.14. The van der Waals surface area contributed by atoms with E-state index in [4.69, 9.17) is 0 Å². The van der Waals surface area contributed by atoms with Crippen LogP contribution in [0, 0.1) is 5.92 Å². The van der Waals surface area contributed by atoms with Crippen LogP contribution in [0.5, 0.6) is 0 Å². The highest BCUT2D eigenvalue weighted by Crippen LogP contribution is 2.46. The summed E-state index contributed by atoms with van der Waals surface area (Å²) in [7, 11) is 0. The monoisotopic (exact) mass is 215 g/mol. The van der Waals surface area contributed by atoms with Crippen molar-refractivity contribution in [3.63, 3.8) is 0 Å². The SMILES string of the molecule is C=CCC(C)NCC1CC1c1ccccc1. The van der Waals surface area contributed by atoms with Crippen LogP contribution in [0.3, 0.4) is 0 Å². The summed E-state index contributed by atoms with van der Waals surface area (Å²) in [5.41, 5.74) is 1.51. The van der Waals surface area contributed by atoms with Gasteiger partial charge >= 0.3 is 0 Å². The molecule has 1 aromatic rings. The van der Waals surface area contributed by atoms with Crippen molar-refractivity contribution in [2.75, 3.05) is 6.54 Å². The molecule has 0 amide bonds. The lowest BCUT2D eigenvalue weighted by Gasteiger charge is -2.11. The van der Waals surface area contributed by atoms with Gasteiger partial charge in [0.1, 0.15) is 0 Å². The van der Waals surface area contributed by atoms with Gasteiger partial charge in [-0.15, -0.1) is 6.58 Å². The Labute approximate surface area is 98.6 Å². The summed E-state index contributed by atoms with van der Waals surface area (Å²) < 4.78 is 0. The van der Waals surface area contributed by atoms with Gasteiger partial charge in [-0.05, 0) is 43.7 Å². The third-order valence-electron chi connectivity index (χ3n) is 3.40. The van der Waals surface area contributed by atoms with Gasteiger partial charge in [0.2, 0.25) is 0 Å². The summed E-state index contributed by atoms with van der Waals surface area (Å²) in [6.07, 6.45) is 4.39. The van der Waals surface area contributed by atoms with E-state index in [2.05, 4.69) is 49.2 Å². The highest BCUT2D eigenvalue weighted by Gasteiger charge is 2.37. The van der Waals surface area contributed by atoms with Gasteiger partial charge in [-0.2, -0.15) is 0 Å². The van der Waals surface area contributed by atoms with Crippen LogP contribution in [-0.4, -0.2) is 12.6 Å². The maximum Gasteiger partial charge on any atom is 0.00732 e. The lowest BCUT2D eigenvalue weighted by atomic mass is 10.1. The minimum Gasteiger partial charge on any atom is -0.314 e. The Morgan fingerprint density at radius 2 is 2.19 bits per heavy atom. The van der Waals surface area contributed by atoms with Gasteiger partial charge in [-0.25, -0.2) is 0 Å². The Morgan fingerprint density at radius 3 is 2.88 bits per heavy atom. The summed E-state index contributed by atoms with van der Waals surface area (Å²) >= 11 is 0. The van der Waals surface area contributed by atoms with Crippen LogP contribution in [0.25, 0.3) is 0 Å². The lowest BCUT2D eigenvalue weighted by molar-refractivity contribution is 0.527. The molecule has 3 unspecified atom stereocenters. The molecule has 0 radical (unpaired) electrons. The minimum absolute atomic E-state index is 0.564. The molecule has 1 aromatic carbocycles. The van der Waals surface area contributed by atoms with Crippen molar-refractivity contribution in [1.82, 2.24) is 5.32 Å². The van der Waals surface area contributed by atoms with E-state index in [1.807, 2.05) is 6.08 Å². The predicted molar refractivity (Wildman–Crippen MR) is 69.6 cm³/mol. The fourth-order valence-electron chi connectivity index (χ4n) is 2.27. The summed E-state index contributed by atoms with van der Waals surface area (Å²) in [5, 5.41) is 3.57. The van der Waals surface area contributed by atoms with Crippen molar-refractivity contribution < 1.29 is 0 Å². The number of nitrogens with one attached hydrogen (secondary N) is 1. The standard InChI is InChI=1S/C15H21N/c1-3-7-12(2)16-11-14-10-15(14)13-8-5-4-6-9-13/h3-6,8-9,12,14-16H,1,7,10-11H2,2H3. The number of rotatable bonds is 6. The number of hydrogen-bond donors (Lipinski definition) is 1. The highest BCUT2D eigenvalue weighted by molar-refractivity contribution is 5.25. The van der Waals surface area contributed by atoms with Crippen LogP contribution in [0.4, 0.5) is 0 Å². The second-order valence-electron chi connectivity index (χ2n) is 4.85. The molecular formula is C15H21N. The van der Waals surface area contributed by atoms with Crippen molar-refractivity contribution in [2.45, 2.75) is 31.7 Å². The molecule has 1 fully saturated rings. The number of hydrogen-bond acceptors (Lipinski definition) is 1. The van der Waals surface area contributed by atoms with E-state index >= 15 is 0 Å². The fourth-order valence-corrected chi connectivity index (χ4v) is 2.27. The van der Waals surface area contributed by atoms with Gasteiger partial charge in [0.15, 0.2) is 0 Å². The Balaban J connectivity index is 1.74. The molecule has 1 aliphatic rings. The fraction of sp³-hybridized carbons (Fsp3) is 0.467. The van der Waals surface area contributed by atoms with E-state index in [1.165, 1.54) is 12.0 Å². The normalized spacial score (nSPS) is 25.1. The molecule has 86 valence electrons. The quantitative estimate of drug-likeness (QED) is 0.718. The Kier molecular flexibility index (Phi) is 3.79. The molecule has 1 nitrogen and oxygen atoms in total. The molecule has 0 saturated heterocycles. The van der Waals surface area contributed by atoms with Crippen molar-refractivity contribution in [3.8, 4) is 0 Å². The second-order valence-corrected chi connectivity index (χ2v) is 4.85. The molecule has 0 bridgehead atoms. The maximum absolute atomic E-state index is 3.77. The molecule has 1 N–H and O–H groups in total. The zero-order chi connectivity index (χ0) is 11.4. The van der Waals surface area contributed by atoms with Gasteiger partial charge in [0.05, 0.1) is 0 Å². The average molecular weight is 215 g/mol. The molecule has 0 heterocycles. The second kappa shape index (κ2) is 5.31. The van der Waals surface area contributed by atoms with Gasteiger partial charge < -0.3 is 5.32 Å². The summed E-state index contributed by atoms with van der Waals surface area (Å²) in [5.74, 6) is 1.64. The van der Waals surface area contributed by atoms with Crippen molar-refractivity contribution in [1.29, 1.82) is 0 Å². The van der Waals surface area contributed by atoms with E-state index in [1.54, 1.807) is 0 Å². The van der Waals surface area contributed by atoms with Crippen molar-refractivity contribution in [3.05, 3.63) is 48.6 Å². The minimum atomic E-state index is 0.564. The van der Waals surface area contributed by atoms with Crippen molar-refractivity contribution >= 4 is 0 Å². The van der Waals surface area contributed by atoms with Crippen LogP contribution in [0.1, 0.15) is 31.2 Å². The van der Waals surface area contributed by atoms with Crippen LogP contribution in [0.15, 0.2) is 43.0 Å². The maximum atomic E-state index is 3.77. The highest BCUT2D eigenvalue weighted by atomic mass is 14.9. The number of benzene rings is 1. The van der Waals surface area contributed by atoms with Crippen LogP contribution < -0.4 is 5.32 Å². The molecular weight excluding hydrogens is 194 g/mol. The topological polar surface area (TPSA) is 12.0 Å². The third kappa shape index (κ3) is 2.96. The molecule has 16 heavy (non-hydrogen) atoms. The first-order valence-corrected chi connectivity index (χ1v) is 6.20. The predicted octanol–water partition coefficient (Wildman–Crippen LogP) is 3.34. The van der Waals surface area contributed by atoms with Gasteiger partial charge in [-0.1, -0.05) is 36.4 Å². The van der Waals surface area contributed by atoms with Gasteiger partial charge in [-0.3, -0.25) is 0 Å². The molecule has 0 spiro atoms. The van der Waals surface area contributed by atoms with E-state index in [0.29, 0.717) is 6.04 Å². The van der Waals surface area contributed by atoms with E-state index in [9.17, 15) is 0 Å². The molecule has 0 aromatic heterocycles. The van der Waals surface area contributed by atoms with Crippen molar-refractivity contribution in [2.24, 2.45) is 5.92 Å². The first-order chi connectivity index (χ1) is 7.81. The Hall–Kier alpha value is -1.08. The van der Waals surface area contributed by atoms with Gasteiger partial charge in [0.25, 0.3) is 0 Å². The summed E-state index contributed by atoms with van der Waals surface area (Å²) in [6, 6.07) is 11.4. The largest absolute Gasteiger partial charge is 0.314 e. The first kappa shape index (κ1) is 11.4. The van der Waals surface area contributed by atoms with Crippen LogP contribution in [0.2, 0.25) is 0 Å². The van der Waals surface area contributed by atoms with Crippen LogP contribution >= 0.6 is 0 Å². The molecule has 0 aliphatic heterocycles. The zero-order valence-corrected chi connectivity index (χ0v) is 10.0. The lowest BCUT2D eigenvalue weighted by Crippen LogP contribution is -2.27. The molecule has 1 heteroatoms.